The fourth-order valence-corrected chi connectivity index (χ4v) is 1.46. The minimum Gasteiger partial charge on any atom is -0.145 e. The highest BCUT2D eigenvalue weighted by molar-refractivity contribution is 7.17. The highest BCUT2D eigenvalue weighted by Crippen LogP contribution is 2.15. The van der Waals surface area contributed by atoms with Gasteiger partial charge in [-0.05, 0) is 17.4 Å². The molecule has 0 rings (SSSR count). The fourth-order valence-electron chi connectivity index (χ4n) is 1.08. The predicted octanol–water partition coefficient (Wildman–Crippen LogP) is 3.30. The van der Waals surface area contributed by atoms with E-state index < -0.39 is 8.69 Å². The van der Waals surface area contributed by atoms with E-state index >= 15 is 0 Å². The van der Waals surface area contributed by atoms with E-state index in [1.807, 2.05) is 0 Å². The maximum Gasteiger partial charge on any atom is 0.494 e. The molecule has 0 fully saturated rings. The summed E-state index contributed by atoms with van der Waals surface area (Å²) in [6.07, 6.45) is 5.80. The van der Waals surface area contributed by atoms with Crippen molar-refractivity contribution in [2.24, 2.45) is 0 Å². The molecule has 0 saturated heterocycles. The summed E-state index contributed by atoms with van der Waals surface area (Å²) in [5, 5.41) is 0. The van der Waals surface area contributed by atoms with Crippen LogP contribution < -0.4 is 0 Å². The average molecular weight is 177 g/mol. The third-order valence-corrected chi connectivity index (χ3v) is 2.13. The molecule has 0 aliphatic heterocycles. The van der Waals surface area contributed by atoms with Crippen LogP contribution in [0.4, 0.5) is 0 Å². The van der Waals surface area contributed by atoms with E-state index in [-0.39, 0.29) is 6.10 Å². The van der Waals surface area contributed by atoms with Crippen LogP contribution in [0.5, 0.6) is 0 Å². The second kappa shape index (κ2) is 8.16. The molecule has 0 aromatic carbocycles. The molecule has 0 aliphatic carbocycles. The summed E-state index contributed by atoms with van der Waals surface area (Å²) >= 11 is 0. The van der Waals surface area contributed by atoms with Gasteiger partial charge in [0.15, 0.2) is 0 Å². The molecule has 2 atom stereocenters. The molecule has 0 N–H and O–H groups in total. The lowest BCUT2D eigenvalue weighted by atomic mass is 10.1. The van der Waals surface area contributed by atoms with Crippen molar-refractivity contribution in [2.45, 2.75) is 52.1 Å². The molecule has 0 aromatic rings. The number of unbranched alkanes of at least 4 members (excludes halogenated alkanes) is 1. The van der Waals surface area contributed by atoms with Crippen molar-refractivity contribution in [3.8, 4) is 0 Å². The van der Waals surface area contributed by atoms with Crippen molar-refractivity contribution >= 4 is 8.69 Å². The molecule has 0 bridgehead atoms. The molecule has 0 aromatic heterocycles. The molecule has 0 radical (unpaired) electrons. The van der Waals surface area contributed by atoms with Gasteiger partial charge in [0, 0.05) is 0 Å². The molecule has 2 nitrogen and oxygen atoms in total. The summed E-state index contributed by atoms with van der Waals surface area (Å²) in [5.74, 6) is 0. The zero-order valence-electron chi connectivity index (χ0n) is 7.43. The van der Waals surface area contributed by atoms with Gasteiger partial charge in [-0.25, -0.2) is 0 Å². The van der Waals surface area contributed by atoms with Gasteiger partial charge < -0.3 is 0 Å². The summed E-state index contributed by atoms with van der Waals surface area (Å²) < 4.78 is 15.2. The Bertz CT molecular complexity index is 96.1. The predicted molar refractivity (Wildman–Crippen MR) is 48.3 cm³/mol. The molecule has 2 unspecified atom stereocenters. The van der Waals surface area contributed by atoms with Gasteiger partial charge in [0.2, 0.25) is 0 Å². The number of hydrogen-bond acceptors (Lipinski definition) is 2. The van der Waals surface area contributed by atoms with Crippen LogP contribution in [0.15, 0.2) is 0 Å². The second-order valence-corrected chi connectivity index (χ2v) is 3.16. The van der Waals surface area contributed by atoms with E-state index in [1.165, 1.54) is 12.8 Å². The monoisotopic (exact) mass is 177 g/mol. The largest absolute Gasteiger partial charge is 0.494 e. The lowest BCUT2D eigenvalue weighted by Crippen LogP contribution is -2.06. The van der Waals surface area contributed by atoms with E-state index in [9.17, 15) is 4.57 Å². The molecular weight excluding hydrogens is 159 g/mol. The molecule has 11 heavy (non-hydrogen) atoms. The summed E-state index contributed by atoms with van der Waals surface area (Å²) in [7, 11) is -0.591. The van der Waals surface area contributed by atoms with Gasteiger partial charge in [0.1, 0.15) is 6.10 Å². The maximum absolute atomic E-state index is 10.2. The summed E-state index contributed by atoms with van der Waals surface area (Å²) in [5.41, 5.74) is 0. The lowest BCUT2D eigenvalue weighted by Gasteiger charge is -2.06. The van der Waals surface area contributed by atoms with Crippen molar-refractivity contribution in [2.75, 3.05) is 0 Å². The SMILES string of the molecule is CCCCC(CCC)O[PH+]=O. The first kappa shape index (κ1) is 11.1. The van der Waals surface area contributed by atoms with Crippen molar-refractivity contribution in [1.29, 1.82) is 0 Å². The third-order valence-electron chi connectivity index (χ3n) is 1.71. The molecule has 0 heterocycles. The Balaban J connectivity index is 3.41. The van der Waals surface area contributed by atoms with Crippen molar-refractivity contribution < 1.29 is 9.09 Å². The Morgan fingerprint density at radius 1 is 1.27 bits per heavy atom. The number of hydrogen-bond donors (Lipinski definition) is 0. The van der Waals surface area contributed by atoms with Crippen LogP contribution in [0.1, 0.15) is 46.0 Å². The first-order valence-corrected chi connectivity index (χ1v) is 5.19. The van der Waals surface area contributed by atoms with E-state index in [4.69, 9.17) is 4.52 Å². The number of rotatable bonds is 7. The Kier molecular flexibility index (Phi) is 8.20. The second-order valence-electron chi connectivity index (χ2n) is 2.75. The van der Waals surface area contributed by atoms with E-state index in [0.717, 1.165) is 19.3 Å². The van der Waals surface area contributed by atoms with Gasteiger partial charge in [0.25, 0.3) is 0 Å². The molecule has 0 spiro atoms. The van der Waals surface area contributed by atoms with Crippen LogP contribution >= 0.6 is 8.69 Å². The molecule has 3 heteroatoms. The molecule has 0 amide bonds. The lowest BCUT2D eigenvalue weighted by molar-refractivity contribution is 0.196. The molecular formula is C8H18O2P+. The van der Waals surface area contributed by atoms with Crippen LogP contribution in [0.25, 0.3) is 0 Å². The maximum atomic E-state index is 10.2. The van der Waals surface area contributed by atoms with E-state index in [0.29, 0.717) is 0 Å². The van der Waals surface area contributed by atoms with Crippen molar-refractivity contribution in [3.63, 3.8) is 0 Å². The van der Waals surface area contributed by atoms with E-state index in [2.05, 4.69) is 13.8 Å². The Morgan fingerprint density at radius 2 is 2.00 bits per heavy atom. The minimum absolute atomic E-state index is 0.232. The van der Waals surface area contributed by atoms with Gasteiger partial charge in [0.05, 0.1) is 0 Å². The Morgan fingerprint density at radius 3 is 2.45 bits per heavy atom. The topological polar surface area (TPSA) is 26.3 Å². The first-order valence-electron chi connectivity index (χ1n) is 4.37. The smallest absolute Gasteiger partial charge is 0.145 e. The third kappa shape index (κ3) is 6.46. The van der Waals surface area contributed by atoms with Gasteiger partial charge in [-0.3, -0.25) is 0 Å². The molecule has 0 aliphatic rings. The van der Waals surface area contributed by atoms with Gasteiger partial charge in [-0.2, -0.15) is 0 Å². The summed E-state index contributed by atoms with van der Waals surface area (Å²) in [4.78, 5) is 0. The first-order chi connectivity index (χ1) is 5.35. The van der Waals surface area contributed by atoms with Gasteiger partial charge in [-0.15, -0.1) is 4.52 Å². The highest BCUT2D eigenvalue weighted by atomic mass is 31.1. The van der Waals surface area contributed by atoms with Crippen LogP contribution in [-0.4, -0.2) is 6.10 Å². The van der Waals surface area contributed by atoms with Crippen molar-refractivity contribution in [3.05, 3.63) is 0 Å². The zero-order valence-corrected chi connectivity index (χ0v) is 8.43. The van der Waals surface area contributed by atoms with Crippen LogP contribution in [-0.2, 0) is 9.09 Å². The van der Waals surface area contributed by atoms with Crippen molar-refractivity contribution in [1.82, 2.24) is 0 Å². The van der Waals surface area contributed by atoms with Crippen LogP contribution in [0.3, 0.4) is 0 Å². The quantitative estimate of drug-likeness (QED) is 0.558. The normalized spacial score (nSPS) is 13.6. The molecule has 0 saturated carbocycles. The fraction of sp³-hybridized carbons (Fsp3) is 1.00. The van der Waals surface area contributed by atoms with E-state index in [1.54, 1.807) is 0 Å². The standard InChI is InChI=1S/C8H18O2P/c1-3-5-7-8(6-4-2)10-11-9/h8,11H,3-7H2,1-2H3/q+1. The highest BCUT2D eigenvalue weighted by Gasteiger charge is 2.11. The zero-order chi connectivity index (χ0) is 8.53. The van der Waals surface area contributed by atoms with Crippen LogP contribution in [0, 0.1) is 0 Å². The van der Waals surface area contributed by atoms with Gasteiger partial charge in [-0.1, -0.05) is 33.1 Å². The Hall–Kier alpha value is 0.0600. The van der Waals surface area contributed by atoms with Crippen LogP contribution in [0.2, 0.25) is 0 Å². The Labute approximate surface area is 70.6 Å². The minimum atomic E-state index is -0.591. The summed E-state index contributed by atoms with van der Waals surface area (Å²) in [6, 6.07) is 0. The van der Waals surface area contributed by atoms with Gasteiger partial charge >= 0.3 is 8.69 Å². The average Bonchev–Trinajstić information content (AvgIpc) is 2.01. The molecule has 66 valence electrons. The summed E-state index contributed by atoms with van der Waals surface area (Å²) in [6.45, 7) is 4.28.